The molecule has 1 saturated carbocycles. The fraction of sp³-hybridized carbons (Fsp3) is 0.455. The van der Waals surface area contributed by atoms with E-state index in [1.54, 1.807) is 18.2 Å². The Labute approximate surface area is 73.4 Å². The molecule has 1 aromatic rings. The molecule has 0 spiro atoms. The first-order chi connectivity index (χ1) is 5.79. The predicted molar refractivity (Wildman–Crippen MR) is 49.4 cm³/mol. The Morgan fingerprint density at radius 1 is 1.17 bits per heavy atom. The van der Waals surface area contributed by atoms with E-state index in [9.17, 15) is 4.39 Å². The lowest BCUT2D eigenvalue weighted by Gasteiger charge is -2.18. The fourth-order valence-electron chi connectivity index (χ4n) is 1.03. The van der Waals surface area contributed by atoms with Gasteiger partial charge in [-0.3, -0.25) is 0 Å². The van der Waals surface area contributed by atoms with Crippen molar-refractivity contribution in [2.45, 2.75) is 26.2 Å². The molecule has 0 nitrogen and oxygen atoms in total. The highest BCUT2D eigenvalue weighted by Crippen LogP contribution is 2.24. The van der Waals surface area contributed by atoms with Gasteiger partial charge in [-0.1, -0.05) is 44.4 Å². The van der Waals surface area contributed by atoms with E-state index < -0.39 is 0 Å². The minimum atomic E-state index is -0.178. The van der Waals surface area contributed by atoms with E-state index in [-0.39, 0.29) is 5.82 Å². The second kappa shape index (κ2) is 4.91. The molecule has 0 radical (unpaired) electrons. The van der Waals surface area contributed by atoms with Crippen LogP contribution >= 0.6 is 0 Å². The quantitative estimate of drug-likeness (QED) is 0.552. The Kier molecular flexibility index (Phi) is 3.78. The first-order valence-corrected chi connectivity index (χ1v) is 4.49. The summed E-state index contributed by atoms with van der Waals surface area (Å²) in [5.41, 5.74) is 0. The van der Waals surface area contributed by atoms with Crippen LogP contribution in [0.3, 0.4) is 0 Å². The molecule has 1 aromatic carbocycles. The van der Waals surface area contributed by atoms with Crippen molar-refractivity contribution in [2.75, 3.05) is 0 Å². The molecule has 0 aliphatic heterocycles. The topological polar surface area (TPSA) is 0 Å². The molecule has 1 aliphatic rings. The monoisotopic (exact) mass is 166 g/mol. The van der Waals surface area contributed by atoms with E-state index in [0.29, 0.717) is 0 Å². The lowest BCUT2D eigenvalue weighted by Crippen LogP contribution is -2.04. The molecule has 0 N–H and O–H groups in total. The summed E-state index contributed by atoms with van der Waals surface area (Å²) in [4.78, 5) is 0. The van der Waals surface area contributed by atoms with Gasteiger partial charge in [0.25, 0.3) is 0 Å². The van der Waals surface area contributed by atoms with E-state index >= 15 is 0 Å². The summed E-state index contributed by atoms with van der Waals surface area (Å²) >= 11 is 0. The molecular formula is C11H15F. The third-order valence-electron chi connectivity index (χ3n) is 2.13. The van der Waals surface area contributed by atoms with Crippen LogP contribution < -0.4 is 0 Å². The molecule has 2 rings (SSSR count). The number of hydrogen-bond donors (Lipinski definition) is 0. The standard InChI is InChI=1S/C6H5F.C5H10/c7-6-4-2-1-3-5-6;1-5-3-2-4-5/h1-5H;5H,2-4H2,1H3. The van der Waals surface area contributed by atoms with Gasteiger partial charge in [0.2, 0.25) is 0 Å². The Morgan fingerprint density at radius 2 is 1.67 bits per heavy atom. The Balaban J connectivity index is 0.000000127. The van der Waals surface area contributed by atoms with Gasteiger partial charge < -0.3 is 0 Å². The van der Waals surface area contributed by atoms with Crippen LogP contribution in [0, 0.1) is 11.7 Å². The first-order valence-electron chi connectivity index (χ1n) is 4.49. The van der Waals surface area contributed by atoms with Crippen LogP contribution in [-0.2, 0) is 0 Å². The van der Waals surface area contributed by atoms with E-state index in [1.165, 1.54) is 31.4 Å². The van der Waals surface area contributed by atoms with Crippen molar-refractivity contribution in [3.8, 4) is 0 Å². The van der Waals surface area contributed by atoms with Crippen LogP contribution in [0.2, 0.25) is 0 Å². The van der Waals surface area contributed by atoms with Gasteiger partial charge >= 0.3 is 0 Å². The molecule has 12 heavy (non-hydrogen) atoms. The molecule has 1 heteroatoms. The van der Waals surface area contributed by atoms with Crippen LogP contribution in [0.25, 0.3) is 0 Å². The summed E-state index contributed by atoms with van der Waals surface area (Å²) < 4.78 is 11.9. The lowest BCUT2D eigenvalue weighted by atomic mass is 9.88. The van der Waals surface area contributed by atoms with Crippen molar-refractivity contribution in [3.05, 3.63) is 36.1 Å². The maximum atomic E-state index is 11.9. The number of benzene rings is 1. The minimum Gasteiger partial charge on any atom is -0.207 e. The summed E-state index contributed by atoms with van der Waals surface area (Å²) in [6, 6.07) is 7.94. The maximum Gasteiger partial charge on any atom is 0.123 e. The smallest absolute Gasteiger partial charge is 0.123 e. The zero-order chi connectivity index (χ0) is 8.81. The maximum absolute atomic E-state index is 11.9. The highest BCUT2D eigenvalue weighted by molar-refractivity contribution is 5.02. The molecule has 1 fully saturated rings. The van der Waals surface area contributed by atoms with Gasteiger partial charge in [0.05, 0.1) is 0 Å². The third kappa shape index (κ3) is 3.51. The van der Waals surface area contributed by atoms with Gasteiger partial charge in [0.15, 0.2) is 0 Å². The predicted octanol–water partition coefficient (Wildman–Crippen LogP) is 3.63. The number of halogens is 1. The summed E-state index contributed by atoms with van der Waals surface area (Å²) in [5, 5.41) is 0. The van der Waals surface area contributed by atoms with E-state index in [4.69, 9.17) is 0 Å². The van der Waals surface area contributed by atoms with E-state index in [1.807, 2.05) is 0 Å². The summed E-state index contributed by atoms with van der Waals surface area (Å²) in [6.45, 7) is 2.31. The Bertz CT molecular complexity index is 202. The van der Waals surface area contributed by atoms with Gasteiger partial charge in [-0.2, -0.15) is 0 Å². The minimum absolute atomic E-state index is 0.178. The van der Waals surface area contributed by atoms with Gasteiger partial charge in [-0.25, -0.2) is 4.39 Å². The highest BCUT2D eigenvalue weighted by atomic mass is 19.1. The number of hydrogen-bond acceptors (Lipinski definition) is 0. The van der Waals surface area contributed by atoms with Gasteiger partial charge in [-0.15, -0.1) is 0 Å². The molecule has 0 heterocycles. The van der Waals surface area contributed by atoms with Crippen molar-refractivity contribution >= 4 is 0 Å². The molecule has 66 valence electrons. The average Bonchev–Trinajstić information content (AvgIpc) is 2.04. The van der Waals surface area contributed by atoms with Crippen LogP contribution in [0.5, 0.6) is 0 Å². The molecule has 0 saturated heterocycles. The van der Waals surface area contributed by atoms with E-state index in [0.717, 1.165) is 5.92 Å². The molecule has 0 bridgehead atoms. The van der Waals surface area contributed by atoms with Crippen molar-refractivity contribution in [3.63, 3.8) is 0 Å². The van der Waals surface area contributed by atoms with Crippen molar-refractivity contribution in [1.82, 2.24) is 0 Å². The summed E-state index contributed by atoms with van der Waals surface area (Å²) in [6.07, 6.45) is 4.46. The molecule has 0 aromatic heterocycles. The third-order valence-corrected chi connectivity index (χ3v) is 2.13. The second-order valence-electron chi connectivity index (χ2n) is 3.33. The number of rotatable bonds is 0. The lowest BCUT2D eigenvalue weighted by molar-refractivity contribution is 0.346. The highest BCUT2D eigenvalue weighted by Gasteiger charge is 2.09. The van der Waals surface area contributed by atoms with Gasteiger partial charge in [-0.05, 0) is 18.1 Å². The van der Waals surface area contributed by atoms with Crippen LogP contribution in [0.4, 0.5) is 4.39 Å². The normalized spacial score (nSPS) is 15.8. The Morgan fingerprint density at radius 3 is 1.83 bits per heavy atom. The van der Waals surface area contributed by atoms with Gasteiger partial charge in [0, 0.05) is 0 Å². The molecule has 0 unspecified atom stereocenters. The van der Waals surface area contributed by atoms with Crippen molar-refractivity contribution < 1.29 is 4.39 Å². The summed E-state index contributed by atoms with van der Waals surface area (Å²) in [7, 11) is 0. The SMILES string of the molecule is CC1CCC1.Fc1ccccc1. The van der Waals surface area contributed by atoms with Crippen molar-refractivity contribution in [2.24, 2.45) is 5.92 Å². The zero-order valence-corrected chi connectivity index (χ0v) is 7.46. The molecule has 0 atom stereocenters. The largest absolute Gasteiger partial charge is 0.207 e. The van der Waals surface area contributed by atoms with Crippen LogP contribution in [-0.4, -0.2) is 0 Å². The van der Waals surface area contributed by atoms with Crippen LogP contribution in [0.1, 0.15) is 26.2 Å². The van der Waals surface area contributed by atoms with E-state index in [2.05, 4.69) is 6.92 Å². The molecular weight excluding hydrogens is 151 g/mol. The molecule has 0 amide bonds. The summed E-state index contributed by atoms with van der Waals surface area (Å²) in [5.74, 6) is 0.887. The fourth-order valence-corrected chi connectivity index (χ4v) is 1.03. The first kappa shape index (κ1) is 9.24. The molecule has 1 aliphatic carbocycles. The van der Waals surface area contributed by atoms with Crippen molar-refractivity contribution in [1.29, 1.82) is 0 Å². The second-order valence-corrected chi connectivity index (χ2v) is 3.33. The van der Waals surface area contributed by atoms with Crippen LogP contribution in [0.15, 0.2) is 30.3 Å². The Hall–Kier alpha value is -0.850. The van der Waals surface area contributed by atoms with Gasteiger partial charge in [0.1, 0.15) is 5.82 Å². The average molecular weight is 166 g/mol. The zero-order valence-electron chi connectivity index (χ0n) is 7.46.